The van der Waals surface area contributed by atoms with Crippen molar-refractivity contribution in [1.29, 1.82) is 0 Å². The summed E-state index contributed by atoms with van der Waals surface area (Å²) in [4.78, 5) is 0. The molecule has 1 saturated heterocycles. The second kappa shape index (κ2) is 5.50. The summed E-state index contributed by atoms with van der Waals surface area (Å²) in [6.07, 6.45) is -0.0317. The normalized spacial score (nSPS) is 29.5. The van der Waals surface area contributed by atoms with Gasteiger partial charge in [0.15, 0.2) is 0 Å². The number of alkyl halides is 2. The van der Waals surface area contributed by atoms with Crippen LogP contribution in [0.5, 0.6) is 0 Å². The van der Waals surface area contributed by atoms with E-state index < -0.39 is 6.43 Å². The maximum absolute atomic E-state index is 11.8. The molecule has 0 aromatic carbocycles. The second-order valence-corrected chi connectivity index (χ2v) is 3.79. The molecule has 2 atom stereocenters. The fourth-order valence-corrected chi connectivity index (χ4v) is 1.82. The van der Waals surface area contributed by atoms with Gasteiger partial charge < -0.3 is 10.6 Å². The van der Waals surface area contributed by atoms with Crippen molar-refractivity contribution in [2.45, 2.75) is 32.2 Å². The Labute approximate surface area is 78.1 Å². The lowest BCUT2D eigenvalue weighted by molar-refractivity contribution is 0.142. The maximum atomic E-state index is 11.8. The summed E-state index contributed by atoms with van der Waals surface area (Å²) in [5, 5.41) is 6.13. The van der Waals surface area contributed by atoms with Crippen molar-refractivity contribution in [1.82, 2.24) is 10.6 Å². The summed E-state index contributed by atoms with van der Waals surface area (Å²) >= 11 is 0. The number of piperidine rings is 1. The molecule has 0 bridgehead atoms. The van der Waals surface area contributed by atoms with Gasteiger partial charge in [0.1, 0.15) is 0 Å². The minimum Gasteiger partial charge on any atom is -0.314 e. The van der Waals surface area contributed by atoms with Gasteiger partial charge in [-0.1, -0.05) is 0 Å². The smallest absolute Gasteiger partial charge is 0.250 e. The van der Waals surface area contributed by atoms with Gasteiger partial charge in [0.05, 0.1) is 6.54 Å². The molecule has 2 N–H and O–H groups in total. The molecule has 78 valence electrons. The number of hydrogen-bond acceptors (Lipinski definition) is 2. The Hall–Kier alpha value is -0.220. The molecule has 1 rings (SSSR count). The van der Waals surface area contributed by atoms with Gasteiger partial charge >= 0.3 is 0 Å². The van der Waals surface area contributed by atoms with E-state index in [2.05, 4.69) is 17.6 Å². The first-order valence-electron chi connectivity index (χ1n) is 4.90. The Morgan fingerprint density at radius 1 is 1.54 bits per heavy atom. The second-order valence-electron chi connectivity index (χ2n) is 3.79. The van der Waals surface area contributed by atoms with E-state index in [1.807, 2.05) is 0 Å². The van der Waals surface area contributed by atoms with Crippen LogP contribution in [0.25, 0.3) is 0 Å². The largest absolute Gasteiger partial charge is 0.314 e. The highest BCUT2D eigenvalue weighted by Gasteiger charge is 2.17. The third-order valence-corrected chi connectivity index (χ3v) is 2.46. The molecule has 0 saturated carbocycles. The van der Waals surface area contributed by atoms with E-state index in [0.717, 1.165) is 25.9 Å². The number of halogens is 2. The summed E-state index contributed by atoms with van der Waals surface area (Å²) in [6.45, 7) is 3.72. The van der Waals surface area contributed by atoms with Crippen molar-refractivity contribution in [3.05, 3.63) is 0 Å². The zero-order valence-corrected chi connectivity index (χ0v) is 8.02. The lowest BCUT2D eigenvalue weighted by atomic mass is 9.93. The van der Waals surface area contributed by atoms with E-state index >= 15 is 0 Å². The van der Waals surface area contributed by atoms with Gasteiger partial charge in [-0.3, -0.25) is 0 Å². The fraction of sp³-hybridized carbons (Fsp3) is 1.00. The number of rotatable bonds is 4. The monoisotopic (exact) mass is 192 g/mol. The third-order valence-electron chi connectivity index (χ3n) is 2.46. The summed E-state index contributed by atoms with van der Waals surface area (Å²) in [5.41, 5.74) is 0. The first-order valence-corrected chi connectivity index (χ1v) is 4.90. The molecule has 1 heterocycles. The highest BCUT2D eigenvalue weighted by Crippen LogP contribution is 2.14. The molecule has 2 unspecified atom stereocenters. The molecule has 0 aromatic rings. The number of hydrogen-bond donors (Lipinski definition) is 2. The summed E-state index contributed by atoms with van der Waals surface area (Å²) in [7, 11) is 0. The molecule has 0 amide bonds. The van der Waals surface area contributed by atoms with Crippen LogP contribution in [0.1, 0.15) is 19.8 Å². The molecule has 0 radical (unpaired) electrons. The van der Waals surface area contributed by atoms with Gasteiger partial charge in [0.25, 0.3) is 6.43 Å². The average molecular weight is 192 g/mol. The lowest BCUT2D eigenvalue weighted by Crippen LogP contribution is -2.40. The first kappa shape index (κ1) is 10.9. The van der Waals surface area contributed by atoms with Gasteiger partial charge in [-0.15, -0.1) is 0 Å². The Bertz CT molecular complexity index is 142. The van der Waals surface area contributed by atoms with Crippen molar-refractivity contribution >= 4 is 0 Å². The standard InChI is InChI=1S/C9H18F2N2/c1-7-4-8(2-3-13-7)5-12-6-9(10)11/h7-9,12-13H,2-6H2,1H3. The van der Waals surface area contributed by atoms with E-state index in [-0.39, 0.29) is 6.54 Å². The quantitative estimate of drug-likeness (QED) is 0.700. The Morgan fingerprint density at radius 3 is 2.92 bits per heavy atom. The Morgan fingerprint density at radius 2 is 2.31 bits per heavy atom. The zero-order chi connectivity index (χ0) is 9.68. The van der Waals surface area contributed by atoms with Crippen LogP contribution in [0.2, 0.25) is 0 Å². The average Bonchev–Trinajstić information content (AvgIpc) is 2.03. The molecule has 0 aliphatic carbocycles. The van der Waals surface area contributed by atoms with Crippen LogP contribution in [-0.2, 0) is 0 Å². The highest BCUT2D eigenvalue weighted by molar-refractivity contribution is 4.76. The van der Waals surface area contributed by atoms with Crippen LogP contribution in [0.4, 0.5) is 8.78 Å². The van der Waals surface area contributed by atoms with E-state index in [1.165, 1.54) is 0 Å². The minimum absolute atomic E-state index is 0.168. The van der Waals surface area contributed by atoms with E-state index in [1.54, 1.807) is 0 Å². The molecule has 2 nitrogen and oxygen atoms in total. The van der Waals surface area contributed by atoms with Crippen LogP contribution in [0.3, 0.4) is 0 Å². The van der Waals surface area contributed by atoms with Gasteiger partial charge in [0.2, 0.25) is 0 Å². The SMILES string of the molecule is CC1CC(CNCC(F)F)CCN1. The van der Waals surface area contributed by atoms with Gasteiger partial charge in [-0.2, -0.15) is 0 Å². The summed E-state index contributed by atoms with van der Waals surface area (Å²) in [5.74, 6) is 0.565. The molecule has 0 spiro atoms. The molecular formula is C9H18F2N2. The van der Waals surface area contributed by atoms with Crippen molar-refractivity contribution in [3.8, 4) is 0 Å². The predicted octanol–water partition coefficient (Wildman–Crippen LogP) is 1.23. The van der Waals surface area contributed by atoms with Crippen molar-refractivity contribution in [2.75, 3.05) is 19.6 Å². The third kappa shape index (κ3) is 4.52. The highest BCUT2D eigenvalue weighted by atomic mass is 19.3. The minimum atomic E-state index is -2.22. The van der Waals surface area contributed by atoms with E-state index in [9.17, 15) is 8.78 Å². The van der Waals surface area contributed by atoms with E-state index in [0.29, 0.717) is 12.0 Å². The van der Waals surface area contributed by atoms with Crippen LogP contribution in [0.15, 0.2) is 0 Å². The summed E-state index contributed by atoms with van der Waals surface area (Å²) in [6, 6.07) is 0.534. The van der Waals surface area contributed by atoms with Crippen molar-refractivity contribution < 1.29 is 8.78 Å². The van der Waals surface area contributed by atoms with Gasteiger partial charge in [-0.25, -0.2) is 8.78 Å². The molecular weight excluding hydrogens is 174 g/mol. The molecule has 1 aliphatic heterocycles. The van der Waals surface area contributed by atoms with Gasteiger partial charge in [-0.05, 0) is 38.8 Å². The van der Waals surface area contributed by atoms with E-state index in [4.69, 9.17) is 0 Å². The van der Waals surface area contributed by atoms with Crippen LogP contribution >= 0.6 is 0 Å². The zero-order valence-electron chi connectivity index (χ0n) is 8.02. The number of nitrogens with one attached hydrogen (secondary N) is 2. The predicted molar refractivity (Wildman–Crippen MR) is 49.1 cm³/mol. The maximum Gasteiger partial charge on any atom is 0.250 e. The molecule has 4 heteroatoms. The first-order chi connectivity index (χ1) is 6.18. The molecule has 1 fully saturated rings. The molecule has 13 heavy (non-hydrogen) atoms. The van der Waals surface area contributed by atoms with Crippen molar-refractivity contribution in [2.24, 2.45) is 5.92 Å². The Kier molecular flexibility index (Phi) is 4.59. The van der Waals surface area contributed by atoms with Crippen LogP contribution in [0, 0.1) is 5.92 Å². The fourth-order valence-electron chi connectivity index (χ4n) is 1.82. The lowest BCUT2D eigenvalue weighted by Gasteiger charge is -2.28. The van der Waals surface area contributed by atoms with Gasteiger partial charge in [0, 0.05) is 6.04 Å². The topological polar surface area (TPSA) is 24.1 Å². The summed E-state index contributed by atoms with van der Waals surface area (Å²) < 4.78 is 23.6. The molecule has 1 aliphatic rings. The van der Waals surface area contributed by atoms with Crippen LogP contribution < -0.4 is 10.6 Å². The van der Waals surface area contributed by atoms with Crippen molar-refractivity contribution in [3.63, 3.8) is 0 Å². The molecule has 0 aromatic heterocycles. The Balaban J connectivity index is 2.06. The van der Waals surface area contributed by atoms with Crippen LogP contribution in [-0.4, -0.2) is 32.1 Å².